The van der Waals surface area contributed by atoms with Crippen molar-refractivity contribution < 1.29 is 9.90 Å². The van der Waals surface area contributed by atoms with Gasteiger partial charge in [0.1, 0.15) is 5.69 Å². The van der Waals surface area contributed by atoms with Crippen molar-refractivity contribution in [1.29, 1.82) is 0 Å². The van der Waals surface area contributed by atoms with Crippen molar-refractivity contribution in [2.75, 3.05) is 18.8 Å². The number of β-amino-alcohol motifs (C(OH)–C–C–N with tert-alkyl or cyclic N) is 1. The predicted octanol–water partition coefficient (Wildman–Crippen LogP) is -0.411. The highest BCUT2D eigenvalue weighted by atomic mass is 16.3. The van der Waals surface area contributed by atoms with Crippen molar-refractivity contribution in [2.45, 2.75) is 18.9 Å². The molecule has 2 heterocycles. The molecule has 1 aromatic heterocycles. The summed E-state index contributed by atoms with van der Waals surface area (Å²) in [5, 5.41) is 16.0. The summed E-state index contributed by atoms with van der Waals surface area (Å²) in [6.07, 6.45) is 1.99. The third-order valence-corrected chi connectivity index (χ3v) is 2.62. The highest BCUT2D eigenvalue weighted by molar-refractivity contribution is 5.97. The summed E-state index contributed by atoms with van der Waals surface area (Å²) in [4.78, 5) is 13.5. The van der Waals surface area contributed by atoms with Crippen molar-refractivity contribution in [3.05, 3.63) is 11.9 Å². The maximum absolute atomic E-state index is 11.9. The van der Waals surface area contributed by atoms with Crippen LogP contribution in [0.25, 0.3) is 0 Å². The Balaban J connectivity index is 2.14. The standard InChI is InChI=1S/C9H14N4O2/c1-9(15)2-3-13(5-9)8(14)7-6(10)4-11-12-7/h4,15H,2-3,5,10H2,1H3,(H,11,12). The molecule has 2 rings (SSSR count). The fourth-order valence-electron chi connectivity index (χ4n) is 1.74. The maximum Gasteiger partial charge on any atom is 0.274 e. The molecule has 0 radical (unpaired) electrons. The Morgan fingerprint density at radius 2 is 2.53 bits per heavy atom. The molecule has 1 aliphatic rings. The van der Waals surface area contributed by atoms with Gasteiger partial charge in [-0.2, -0.15) is 5.10 Å². The number of rotatable bonds is 1. The van der Waals surface area contributed by atoms with Crippen molar-refractivity contribution in [1.82, 2.24) is 15.1 Å². The number of carbonyl (C=O) groups excluding carboxylic acids is 1. The van der Waals surface area contributed by atoms with Crippen LogP contribution in [-0.4, -0.2) is 44.8 Å². The quantitative estimate of drug-likeness (QED) is 0.587. The molecule has 0 spiro atoms. The first-order valence-electron chi connectivity index (χ1n) is 4.80. The van der Waals surface area contributed by atoms with Gasteiger partial charge in [-0.05, 0) is 13.3 Å². The van der Waals surface area contributed by atoms with Crippen LogP contribution in [0.5, 0.6) is 0 Å². The predicted molar refractivity (Wildman–Crippen MR) is 54.1 cm³/mol. The normalized spacial score (nSPS) is 25.9. The Labute approximate surface area is 87.1 Å². The molecule has 0 aromatic carbocycles. The number of nitrogens with zero attached hydrogens (tertiary/aromatic N) is 2. The molecule has 1 amide bonds. The van der Waals surface area contributed by atoms with Crippen LogP contribution in [-0.2, 0) is 0 Å². The highest BCUT2D eigenvalue weighted by Crippen LogP contribution is 2.22. The lowest BCUT2D eigenvalue weighted by Crippen LogP contribution is -2.34. The van der Waals surface area contributed by atoms with E-state index >= 15 is 0 Å². The van der Waals surface area contributed by atoms with Crippen molar-refractivity contribution in [2.24, 2.45) is 0 Å². The number of aliphatic hydroxyl groups is 1. The van der Waals surface area contributed by atoms with Gasteiger partial charge in [-0.25, -0.2) is 0 Å². The molecule has 6 heteroatoms. The number of nitrogens with one attached hydrogen (secondary N) is 1. The van der Waals surface area contributed by atoms with E-state index in [4.69, 9.17) is 5.73 Å². The number of likely N-dealkylation sites (tertiary alicyclic amines) is 1. The molecule has 4 N–H and O–H groups in total. The van der Waals surface area contributed by atoms with Crippen LogP contribution in [0.3, 0.4) is 0 Å². The lowest BCUT2D eigenvalue weighted by atomic mass is 10.1. The first-order chi connectivity index (χ1) is 6.99. The molecule has 1 atom stereocenters. The van der Waals surface area contributed by atoms with Gasteiger partial charge in [0.05, 0.1) is 17.5 Å². The van der Waals surface area contributed by atoms with E-state index in [2.05, 4.69) is 10.2 Å². The molecule has 0 aliphatic carbocycles. The van der Waals surface area contributed by atoms with Gasteiger partial charge in [-0.1, -0.05) is 0 Å². The average Bonchev–Trinajstić information content (AvgIpc) is 2.71. The minimum absolute atomic E-state index is 0.206. The SMILES string of the molecule is CC1(O)CCN(C(=O)c2[nH]ncc2N)C1. The first kappa shape index (κ1) is 9.97. The van der Waals surface area contributed by atoms with Gasteiger partial charge in [-0.3, -0.25) is 9.89 Å². The Bertz CT molecular complexity index is 385. The highest BCUT2D eigenvalue weighted by Gasteiger charge is 2.35. The molecule has 1 saturated heterocycles. The summed E-state index contributed by atoms with van der Waals surface area (Å²) in [5.41, 5.74) is 5.42. The smallest absolute Gasteiger partial charge is 0.274 e. The summed E-state index contributed by atoms with van der Waals surface area (Å²) in [5.74, 6) is -0.206. The van der Waals surface area contributed by atoms with Gasteiger partial charge in [0, 0.05) is 13.1 Å². The summed E-state index contributed by atoms with van der Waals surface area (Å²) >= 11 is 0. The number of anilines is 1. The number of hydrogen-bond acceptors (Lipinski definition) is 4. The average molecular weight is 210 g/mol. The second-order valence-electron chi connectivity index (χ2n) is 4.17. The summed E-state index contributed by atoms with van der Waals surface area (Å²) < 4.78 is 0. The van der Waals surface area contributed by atoms with Crippen LogP contribution in [0.4, 0.5) is 5.69 Å². The van der Waals surface area contributed by atoms with E-state index in [9.17, 15) is 9.90 Å². The number of aromatic nitrogens is 2. The van der Waals surface area contributed by atoms with Crippen molar-refractivity contribution >= 4 is 11.6 Å². The van der Waals surface area contributed by atoms with Gasteiger partial charge < -0.3 is 15.7 Å². The molecule has 82 valence electrons. The van der Waals surface area contributed by atoms with Gasteiger partial charge in [-0.15, -0.1) is 0 Å². The van der Waals surface area contributed by atoms with Crippen molar-refractivity contribution in [3.63, 3.8) is 0 Å². The van der Waals surface area contributed by atoms with Gasteiger partial charge in [0.25, 0.3) is 5.91 Å². The van der Waals surface area contributed by atoms with Crippen LogP contribution in [0.1, 0.15) is 23.8 Å². The number of nitrogen functional groups attached to an aromatic ring is 1. The van der Waals surface area contributed by atoms with Gasteiger partial charge in [0.2, 0.25) is 0 Å². The molecule has 6 nitrogen and oxygen atoms in total. The number of nitrogens with two attached hydrogens (primary N) is 1. The number of aromatic amines is 1. The molecular weight excluding hydrogens is 196 g/mol. The van der Waals surface area contributed by atoms with E-state index in [-0.39, 0.29) is 5.91 Å². The van der Waals surface area contributed by atoms with E-state index in [1.807, 2.05) is 0 Å². The Hall–Kier alpha value is -1.56. The topological polar surface area (TPSA) is 95.2 Å². The number of hydrogen-bond donors (Lipinski definition) is 3. The van der Waals surface area contributed by atoms with Crippen LogP contribution in [0.15, 0.2) is 6.20 Å². The van der Waals surface area contributed by atoms with Crippen molar-refractivity contribution in [3.8, 4) is 0 Å². The van der Waals surface area contributed by atoms with Crippen LogP contribution < -0.4 is 5.73 Å². The Morgan fingerprint density at radius 1 is 1.80 bits per heavy atom. The van der Waals surface area contributed by atoms with Crippen LogP contribution >= 0.6 is 0 Å². The van der Waals surface area contributed by atoms with E-state index in [1.54, 1.807) is 11.8 Å². The minimum atomic E-state index is -0.787. The molecule has 15 heavy (non-hydrogen) atoms. The van der Waals surface area contributed by atoms with E-state index in [0.717, 1.165) is 0 Å². The fourth-order valence-corrected chi connectivity index (χ4v) is 1.74. The second-order valence-corrected chi connectivity index (χ2v) is 4.17. The molecular formula is C9H14N4O2. The Kier molecular flexibility index (Phi) is 2.15. The number of amides is 1. The number of H-pyrrole nitrogens is 1. The third kappa shape index (κ3) is 1.80. The van der Waals surface area contributed by atoms with E-state index < -0.39 is 5.60 Å². The van der Waals surface area contributed by atoms with Crippen LogP contribution in [0.2, 0.25) is 0 Å². The maximum atomic E-state index is 11.9. The van der Waals surface area contributed by atoms with Gasteiger partial charge >= 0.3 is 0 Å². The molecule has 0 bridgehead atoms. The molecule has 0 saturated carbocycles. The van der Waals surface area contributed by atoms with Gasteiger partial charge in [0.15, 0.2) is 0 Å². The lowest BCUT2D eigenvalue weighted by molar-refractivity contribution is 0.0569. The zero-order valence-electron chi connectivity index (χ0n) is 8.53. The van der Waals surface area contributed by atoms with Crippen LogP contribution in [0, 0.1) is 0 Å². The molecule has 1 fully saturated rings. The second kappa shape index (κ2) is 3.23. The summed E-state index contributed by atoms with van der Waals surface area (Å²) in [6, 6.07) is 0. The zero-order chi connectivity index (χ0) is 11.1. The lowest BCUT2D eigenvalue weighted by Gasteiger charge is -2.18. The fraction of sp³-hybridized carbons (Fsp3) is 0.556. The Morgan fingerprint density at radius 3 is 3.00 bits per heavy atom. The molecule has 1 unspecified atom stereocenters. The number of carbonyl (C=O) groups is 1. The zero-order valence-corrected chi connectivity index (χ0v) is 8.53. The third-order valence-electron chi connectivity index (χ3n) is 2.62. The first-order valence-corrected chi connectivity index (χ1v) is 4.80. The summed E-state index contributed by atoms with van der Waals surface area (Å²) in [6.45, 7) is 2.60. The largest absolute Gasteiger partial charge is 0.396 e. The van der Waals surface area contributed by atoms with E-state index in [0.29, 0.717) is 30.9 Å². The molecule has 1 aliphatic heterocycles. The monoisotopic (exact) mass is 210 g/mol. The minimum Gasteiger partial charge on any atom is -0.396 e. The van der Waals surface area contributed by atoms with E-state index in [1.165, 1.54) is 6.20 Å². The summed E-state index contributed by atoms with van der Waals surface area (Å²) in [7, 11) is 0. The molecule has 1 aromatic rings.